The molecule has 1 aromatic heterocycles. The zero-order chi connectivity index (χ0) is 26.5. The maximum absolute atomic E-state index is 14.3. The number of rotatable bonds is 8. The van der Waals surface area contributed by atoms with E-state index in [4.69, 9.17) is 0 Å². The van der Waals surface area contributed by atoms with Gasteiger partial charge in [-0.3, -0.25) is 14.4 Å². The zero-order valence-electron chi connectivity index (χ0n) is 19.9. The molecule has 0 bridgehead atoms. The van der Waals surface area contributed by atoms with Crippen molar-refractivity contribution in [3.63, 3.8) is 0 Å². The maximum atomic E-state index is 14.3. The average Bonchev–Trinajstić information content (AvgIpc) is 3.27. The van der Waals surface area contributed by atoms with Crippen molar-refractivity contribution in [2.75, 3.05) is 0 Å². The molecule has 2 aromatic carbocycles. The molecule has 9 heteroatoms. The Labute approximate surface area is 211 Å². The number of nitrogens with zero attached hydrogens (tertiary/aromatic N) is 1. The average molecular weight is 509 g/mol. The maximum Gasteiger partial charge on any atom is 0.286 e. The molecule has 2 atom stereocenters. The third-order valence-electron chi connectivity index (χ3n) is 6.32. The summed E-state index contributed by atoms with van der Waals surface area (Å²) in [5, 5.41) is 22.6. The number of carbonyl (C=O) groups excluding carboxylic acids is 2. The van der Waals surface area contributed by atoms with Crippen LogP contribution in [0.15, 0.2) is 77.4 Å². The van der Waals surface area contributed by atoms with Crippen molar-refractivity contribution in [1.82, 2.24) is 9.88 Å². The highest BCUT2D eigenvalue weighted by molar-refractivity contribution is 6.08. The molecule has 3 N–H and O–H groups in total. The summed E-state index contributed by atoms with van der Waals surface area (Å²) in [4.78, 5) is 38.5. The molecule has 0 unspecified atom stereocenters. The number of halogens is 2. The van der Waals surface area contributed by atoms with Crippen molar-refractivity contribution in [2.45, 2.75) is 44.4 Å². The Hall–Kier alpha value is -4.11. The third-order valence-corrected chi connectivity index (χ3v) is 6.32. The van der Waals surface area contributed by atoms with Gasteiger partial charge in [0.15, 0.2) is 11.5 Å². The van der Waals surface area contributed by atoms with Crippen LogP contribution in [0.25, 0.3) is 0 Å². The Morgan fingerprint density at radius 1 is 1.05 bits per heavy atom. The van der Waals surface area contributed by atoms with Crippen molar-refractivity contribution in [2.24, 2.45) is 0 Å². The molecule has 1 heterocycles. The van der Waals surface area contributed by atoms with Gasteiger partial charge in [-0.15, -0.1) is 0 Å². The van der Waals surface area contributed by atoms with E-state index in [1.165, 1.54) is 47.2 Å². The molecule has 3 aromatic rings. The van der Waals surface area contributed by atoms with Crippen molar-refractivity contribution in [3.8, 4) is 0 Å². The van der Waals surface area contributed by atoms with E-state index in [-0.39, 0.29) is 24.1 Å². The Bertz CT molecular complexity index is 1400. The van der Waals surface area contributed by atoms with E-state index in [0.717, 1.165) is 6.42 Å². The molecule has 1 saturated carbocycles. The summed E-state index contributed by atoms with van der Waals surface area (Å²) in [6, 6.07) is 12.4. The molecule has 1 amide bonds. The van der Waals surface area contributed by atoms with Gasteiger partial charge in [0.2, 0.25) is 0 Å². The molecule has 1 aliphatic carbocycles. The van der Waals surface area contributed by atoms with Crippen molar-refractivity contribution < 1.29 is 28.6 Å². The minimum atomic E-state index is -0.937. The summed E-state index contributed by atoms with van der Waals surface area (Å²) >= 11 is 0. The van der Waals surface area contributed by atoms with Gasteiger partial charge in [-0.1, -0.05) is 30.3 Å². The Kier molecular flexibility index (Phi) is 7.93. The van der Waals surface area contributed by atoms with Crippen molar-refractivity contribution in [1.29, 1.82) is 0 Å². The molecular formula is C28H26F2N2O5. The number of hydrogen-bond donors (Lipinski definition) is 3. The van der Waals surface area contributed by atoms with Gasteiger partial charge < -0.3 is 20.1 Å². The van der Waals surface area contributed by atoms with Crippen LogP contribution >= 0.6 is 0 Å². The fourth-order valence-corrected chi connectivity index (χ4v) is 4.36. The highest BCUT2D eigenvalue weighted by Gasteiger charge is 2.28. The van der Waals surface area contributed by atoms with Gasteiger partial charge in [0, 0.05) is 17.8 Å². The molecule has 1 fully saturated rings. The third kappa shape index (κ3) is 6.37. The number of aromatic nitrogens is 1. The van der Waals surface area contributed by atoms with Crippen LogP contribution in [-0.4, -0.2) is 38.6 Å². The normalized spacial score (nSPS) is 17.5. The SMILES string of the molecule is O=C(N[C@@H]1CCC[C@H]1O)/C(O)=C/C(=O)c1cc(Cc2ccc(F)cc2)cn(Cc2ccccc2F)c1=O. The first-order chi connectivity index (χ1) is 17.7. The zero-order valence-corrected chi connectivity index (χ0v) is 19.9. The number of allylic oxidation sites excluding steroid dienone is 1. The molecule has 4 rings (SSSR count). The quantitative estimate of drug-likeness (QED) is 0.246. The lowest BCUT2D eigenvalue weighted by Gasteiger charge is -2.15. The molecule has 0 spiro atoms. The number of benzene rings is 2. The number of carbonyl (C=O) groups is 2. The van der Waals surface area contributed by atoms with Crippen LogP contribution in [0.5, 0.6) is 0 Å². The van der Waals surface area contributed by atoms with Gasteiger partial charge in [0.1, 0.15) is 11.6 Å². The van der Waals surface area contributed by atoms with Gasteiger partial charge in [-0.25, -0.2) is 8.78 Å². The Morgan fingerprint density at radius 2 is 1.78 bits per heavy atom. The van der Waals surface area contributed by atoms with Gasteiger partial charge in [0.25, 0.3) is 11.5 Å². The number of ketones is 1. The van der Waals surface area contributed by atoms with E-state index in [1.54, 1.807) is 18.2 Å². The summed E-state index contributed by atoms with van der Waals surface area (Å²) in [6.45, 7) is -0.154. The summed E-state index contributed by atoms with van der Waals surface area (Å²) in [7, 11) is 0. The van der Waals surface area contributed by atoms with Crippen LogP contribution in [-0.2, 0) is 17.8 Å². The first-order valence-electron chi connectivity index (χ1n) is 11.9. The lowest BCUT2D eigenvalue weighted by molar-refractivity contribution is -0.121. The number of aliphatic hydroxyl groups is 2. The highest BCUT2D eigenvalue weighted by atomic mass is 19.1. The minimum Gasteiger partial charge on any atom is -0.503 e. The van der Waals surface area contributed by atoms with Crippen molar-refractivity contribution in [3.05, 3.63) is 117 Å². The summed E-state index contributed by atoms with van der Waals surface area (Å²) < 4.78 is 28.8. The van der Waals surface area contributed by atoms with Gasteiger partial charge in [-0.2, -0.15) is 0 Å². The molecule has 1 aliphatic rings. The van der Waals surface area contributed by atoms with Crippen LogP contribution in [0.1, 0.15) is 46.3 Å². The number of aliphatic hydroxyl groups excluding tert-OH is 2. The summed E-state index contributed by atoms with van der Waals surface area (Å²) in [5.41, 5.74) is 0.402. The molecule has 7 nitrogen and oxygen atoms in total. The topological polar surface area (TPSA) is 109 Å². The highest BCUT2D eigenvalue weighted by Crippen LogP contribution is 2.19. The Balaban J connectivity index is 1.66. The lowest BCUT2D eigenvalue weighted by atomic mass is 10.0. The second-order valence-electron chi connectivity index (χ2n) is 9.06. The van der Waals surface area contributed by atoms with Gasteiger partial charge in [0.05, 0.1) is 24.3 Å². The monoisotopic (exact) mass is 508 g/mol. The summed E-state index contributed by atoms with van der Waals surface area (Å²) in [5.74, 6) is -3.67. The van der Waals surface area contributed by atoms with Crippen LogP contribution in [0.3, 0.4) is 0 Å². The predicted octanol–water partition coefficient (Wildman–Crippen LogP) is 3.42. The number of hydrogen-bond acceptors (Lipinski definition) is 5. The van der Waals surface area contributed by atoms with E-state index < -0.39 is 46.8 Å². The molecule has 0 radical (unpaired) electrons. The second kappa shape index (κ2) is 11.3. The number of amides is 1. The largest absolute Gasteiger partial charge is 0.503 e. The van der Waals surface area contributed by atoms with E-state index >= 15 is 0 Å². The fourth-order valence-electron chi connectivity index (χ4n) is 4.36. The Morgan fingerprint density at radius 3 is 2.46 bits per heavy atom. The van der Waals surface area contributed by atoms with Crippen LogP contribution < -0.4 is 10.9 Å². The molecule has 0 saturated heterocycles. The number of pyridine rings is 1. The van der Waals surface area contributed by atoms with E-state index in [0.29, 0.717) is 30.0 Å². The van der Waals surface area contributed by atoms with Crippen LogP contribution in [0.4, 0.5) is 8.78 Å². The molecule has 192 valence electrons. The van der Waals surface area contributed by atoms with Gasteiger partial charge >= 0.3 is 0 Å². The predicted molar refractivity (Wildman–Crippen MR) is 132 cm³/mol. The second-order valence-corrected chi connectivity index (χ2v) is 9.06. The first kappa shape index (κ1) is 26.0. The number of nitrogens with one attached hydrogen (secondary N) is 1. The van der Waals surface area contributed by atoms with Crippen molar-refractivity contribution >= 4 is 11.7 Å². The van der Waals surface area contributed by atoms with Gasteiger partial charge in [-0.05, 0) is 61.1 Å². The smallest absolute Gasteiger partial charge is 0.286 e. The van der Waals surface area contributed by atoms with E-state index in [9.17, 15) is 33.4 Å². The lowest BCUT2D eigenvalue weighted by Crippen LogP contribution is -2.40. The minimum absolute atomic E-state index is 0.154. The van der Waals surface area contributed by atoms with E-state index in [2.05, 4.69) is 5.32 Å². The van der Waals surface area contributed by atoms with E-state index in [1.807, 2.05) is 0 Å². The summed E-state index contributed by atoms with van der Waals surface area (Å²) in [6.07, 6.45) is 3.44. The van der Waals surface area contributed by atoms with Crippen LogP contribution in [0.2, 0.25) is 0 Å². The molecular weight excluding hydrogens is 482 g/mol. The molecule has 37 heavy (non-hydrogen) atoms. The van der Waals surface area contributed by atoms with Crippen LogP contribution in [0, 0.1) is 11.6 Å². The molecule has 0 aliphatic heterocycles. The standard InChI is InChI=1S/C28H26F2N2O5/c29-20-10-8-17(9-11-20)12-18-13-21(28(37)32(15-18)16-19-4-1-2-5-22(19)30)25(34)14-26(35)27(36)31-23-6-3-7-24(23)33/h1-2,4-5,8-11,13-15,23-24,33,35H,3,6-7,12,16H2,(H,31,36)/b26-14-/t23-,24-/m1/s1. The fraction of sp³-hybridized carbons (Fsp3) is 0.250. The first-order valence-corrected chi connectivity index (χ1v) is 11.9.